The van der Waals surface area contributed by atoms with Crippen molar-refractivity contribution in [3.05, 3.63) is 35.4 Å². The smallest absolute Gasteiger partial charge is 0.251 e. The van der Waals surface area contributed by atoms with Crippen LogP contribution in [-0.2, 0) is 4.74 Å². The first-order valence-corrected chi connectivity index (χ1v) is 6.06. The van der Waals surface area contributed by atoms with E-state index in [-0.39, 0.29) is 12.0 Å². The first kappa shape index (κ1) is 13.7. The molecule has 0 saturated heterocycles. The molecule has 94 valence electrons. The van der Waals surface area contributed by atoms with Crippen molar-refractivity contribution >= 4 is 5.91 Å². The van der Waals surface area contributed by atoms with Crippen molar-refractivity contribution in [2.24, 2.45) is 0 Å². The van der Waals surface area contributed by atoms with Gasteiger partial charge in [0.2, 0.25) is 0 Å². The highest BCUT2D eigenvalue weighted by Gasteiger charge is 2.03. The fourth-order valence-corrected chi connectivity index (χ4v) is 1.40. The third kappa shape index (κ3) is 5.50. The van der Waals surface area contributed by atoms with Crippen LogP contribution in [0.25, 0.3) is 0 Å². The molecule has 3 nitrogen and oxygen atoms in total. The Bertz CT molecular complexity index is 344. The van der Waals surface area contributed by atoms with E-state index >= 15 is 0 Å². The van der Waals surface area contributed by atoms with E-state index in [1.807, 2.05) is 45.0 Å². The number of carbonyl (C=O) groups is 1. The Morgan fingerprint density at radius 3 is 2.53 bits per heavy atom. The van der Waals surface area contributed by atoms with Gasteiger partial charge in [-0.3, -0.25) is 4.79 Å². The third-order valence-corrected chi connectivity index (χ3v) is 2.37. The highest BCUT2D eigenvalue weighted by atomic mass is 16.5. The predicted octanol–water partition coefficient (Wildman–Crippen LogP) is 2.54. The number of benzene rings is 1. The molecule has 1 N–H and O–H groups in total. The molecule has 1 aromatic carbocycles. The van der Waals surface area contributed by atoms with Crippen LogP contribution in [0.1, 0.15) is 36.2 Å². The monoisotopic (exact) mass is 235 g/mol. The van der Waals surface area contributed by atoms with Gasteiger partial charge in [0.1, 0.15) is 0 Å². The van der Waals surface area contributed by atoms with Crippen LogP contribution in [0.4, 0.5) is 0 Å². The topological polar surface area (TPSA) is 38.3 Å². The van der Waals surface area contributed by atoms with Crippen molar-refractivity contribution in [2.45, 2.75) is 33.3 Å². The molecule has 0 aliphatic heterocycles. The van der Waals surface area contributed by atoms with Crippen molar-refractivity contribution in [3.8, 4) is 0 Å². The van der Waals surface area contributed by atoms with Crippen LogP contribution in [0, 0.1) is 6.92 Å². The normalized spacial score (nSPS) is 10.6. The second kappa shape index (κ2) is 7.07. The molecule has 0 fully saturated rings. The number of carbonyl (C=O) groups excluding carboxylic acids is 1. The van der Waals surface area contributed by atoms with Crippen LogP contribution in [0.5, 0.6) is 0 Å². The van der Waals surface area contributed by atoms with Gasteiger partial charge >= 0.3 is 0 Å². The molecule has 1 rings (SSSR count). The molecule has 17 heavy (non-hydrogen) atoms. The first-order valence-electron chi connectivity index (χ1n) is 6.06. The third-order valence-electron chi connectivity index (χ3n) is 2.37. The van der Waals surface area contributed by atoms with E-state index in [1.54, 1.807) is 0 Å². The van der Waals surface area contributed by atoms with Crippen LogP contribution < -0.4 is 5.32 Å². The maximum atomic E-state index is 11.7. The Hall–Kier alpha value is -1.35. The summed E-state index contributed by atoms with van der Waals surface area (Å²) in [5, 5.41) is 2.87. The number of nitrogens with one attached hydrogen (secondary N) is 1. The average molecular weight is 235 g/mol. The summed E-state index contributed by atoms with van der Waals surface area (Å²) in [5.74, 6) is -0.0189. The Balaban J connectivity index is 2.23. The minimum absolute atomic E-state index is 0.0189. The largest absolute Gasteiger partial charge is 0.379 e. The Morgan fingerprint density at radius 1 is 1.29 bits per heavy atom. The van der Waals surface area contributed by atoms with Crippen molar-refractivity contribution in [1.29, 1.82) is 0 Å². The molecule has 0 heterocycles. The standard InChI is InChI=1S/C14H21NO2/c1-11(2)17-10-4-9-15-14(16)13-7-5-12(3)6-8-13/h5-8,11H,4,9-10H2,1-3H3,(H,15,16). The van der Waals surface area contributed by atoms with Crippen LogP contribution in [0.3, 0.4) is 0 Å². The zero-order valence-corrected chi connectivity index (χ0v) is 10.8. The molecule has 0 aromatic heterocycles. The summed E-state index contributed by atoms with van der Waals surface area (Å²) in [6.07, 6.45) is 1.10. The van der Waals surface area contributed by atoms with Crippen molar-refractivity contribution in [3.63, 3.8) is 0 Å². The summed E-state index contributed by atoms with van der Waals surface area (Å²) in [6, 6.07) is 7.57. The van der Waals surface area contributed by atoms with Gasteiger partial charge < -0.3 is 10.1 Å². The van der Waals surface area contributed by atoms with E-state index in [4.69, 9.17) is 4.74 Å². The van der Waals surface area contributed by atoms with Gasteiger partial charge in [0.15, 0.2) is 0 Å². The van der Waals surface area contributed by atoms with Gasteiger partial charge in [-0.25, -0.2) is 0 Å². The molecule has 3 heteroatoms. The van der Waals surface area contributed by atoms with E-state index in [9.17, 15) is 4.79 Å². The number of aryl methyl sites for hydroxylation is 1. The van der Waals surface area contributed by atoms with E-state index in [0.29, 0.717) is 18.7 Å². The Kier molecular flexibility index (Phi) is 5.70. The summed E-state index contributed by atoms with van der Waals surface area (Å²) in [7, 11) is 0. The summed E-state index contributed by atoms with van der Waals surface area (Å²) < 4.78 is 5.39. The predicted molar refractivity (Wildman–Crippen MR) is 69.2 cm³/mol. The summed E-state index contributed by atoms with van der Waals surface area (Å²) in [5.41, 5.74) is 1.87. The molecule has 0 aliphatic rings. The van der Waals surface area contributed by atoms with Gasteiger partial charge in [0, 0.05) is 18.7 Å². The number of ether oxygens (including phenoxy) is 1. The van der Waals surface area contributed by atoms with E-state index in [0.717, 1.165) is 12.0 Å². The Labute approximate surface area is 103 Å². The molecule has 0 unspecified atom stereocenters. The van der Waals surface area contributed by atoms with Gasteiger partial charge in [-0.2, -0.15) is 0 Å². The quantitative estimate of drug-likeness (QED) is 0.769. The van der Waals surface area contributed by atoms with Gasteiger partial charge in [-0.15, -0.1) is 0 Å². The van der Waals surface area contributed by atoms with Gasteiger partial charge in [-0.1, -0.05) is 17.7 Å². The minimum atomic E-state index is -0.0189. The molecule has 1 amide bonds. The molecule has 0 spiro atoms. The van der Waals surface area contributed by atoms with Gasteiger partial charge in [0.05, 0.1) is 6.10 Å². The lowest BCUT2D eigenvalue weighted by Crippen LogP contribution is -2.25. The van der Waals surface area contributed by atoms with Crippen LogP contribution >= 0.6 is 0 Å². The maximum Gasteiger partial charge on any atom is 0.251 e. The molecule has 0 saturated carbocycles. The number of amides is 1. The first-order chi connectivity index (χ1) is 8.09. The van der Waals surface area contributed by atoms with E-state index in [1.165, 1.54) is 0 Å². The second-order valence-corrected chi connectivity index (χ2v) is 4.40. The SMILES string of the molecule is Cc1ccc(C(=O)NCCCOC(C)C)cc1. The summed E-state index contributed by atoms with van der Waals surface area (Å²) >= 11 is 0. The molecule has 1 aromatic rings. The number of hydrogen-bond acceptors (Lipinski definition) is 2. The fraction of sp³-hybridized carbons (Fsp3) is 0.500. The zero-order chi connectivity index (χ0) is 12.7. The molecule has 0 atom stereocenters. The lowest BCUT2D eigenvalue weighted by Gasteiger charge is -2.08. The van der Waals surface area contributed by atoms with E-state index < -0.39 is 0 Å². The summed E-state index contributed by atoms with van der Waals surface area (Å²) in [6.45, 7) is 7.35. The van der Waals surface area contributed by atoms with Crippen molar-refractivity contribution < 1.29 is 9.53 Å². The molecule has 0 bridgehead atoms. The average Bonchev–Trinajstić information content (AvgIpc) is 2.29. The van der Waals surface area contributed by atoms with Crippen LogP contribution in [0.15, 0.2) is 24.3 Å². The number of hydrogen-bond donors (Lipinski definition) is 1. The second-order valence-electron chi connectivity index (χ2n) is 4.40. The highest BCUT2D eigenvalue weighted by Crippen LogP contribution is 2.02. The Morgan fingerprint density at radius 2 is 1.94 bits per heavy atom. The van der Waals surface area contributed by atoms with Crippen LogP contribution in [-0.4, -0.2) is 25.2 Å². The zero-order valence-electron chi connectivity index (χ0n) is 10.8. The molecule has 0 radical (unpaired) electrons. The fourth-order valence-electron chi connectivity index (χ4n) is 1.40. The number of rotatable bonds is 6. The van der Waals surface area contributed by atoms with Crippen molar-refractivity contribution in [2.75, 3.05) is 13.2 Å². The minimum Gasteiger partial charge on any atom is -0.379 e. The summed E-state index contributed by atoms with van der Waals surface area (Å²) in [4.78, 5) is 11.7. The molecular weight excluding hydrogens is 214 g/mol. The lowest BCUT2D eigenvalue weighted by molar-refractivity contribution is 0.0757. The van der Waals surface area contributed by atoms with Gasteiger partial charge in [0.25, 0.3) is 5.91 Å². The lowest BCUT2D eigenvalue weighted by atomic mass is 10.1. The highest BCUT2D eigenvalue weighted by molar-refractivity contribution is 5.94. The van der Waals surface area contributed by atoms with Crippen LogP contribution in [0.2, 0.25) is 0 Å². The molecular formula is C14H21NO2. The molecule has 0 aliphatic carbocycles. The van der Waals surface area contributed by atoms with Gasteiger partial charge in [-0.05, 0) is 39.3 Å². The van der Waals surface area contributed by atoms with Crippen molar-refractivity contribution in [1.82, 2.24) is 5.32 Å². The van der Waals surface area contributed by atoms with E-state index in [2.05, 4.69) is 5.32 Å². The maximum absolute atomic E-state index is 11.7.